The highest BCUT2D eigenvalue weighted by atomic mass is 16.3. The van der Waals surface area contributed by atoms with Crippen LogP contribution in [0.4, 0.5) is 0 Å². The number of benzene rings is 1. The van der Waals surface area contributed by atoms with Crippen molar-refractivity contribution in [1.82, 2.24) is 15.0 Å². The van der Waals surface area contributed by atoms with E-state index in [2.05, 4.69) is 21.5 Å². The van der Waals surface area contributed by atoms with Gasteiger partial charge in [0.15, 0.2) is 0 Å². The molecule has 0 saturated carbocycles. The summed E-state index contributed by atoms with van der Waals surface area (Å²) in [7, 11) is 0. The van der Waals surface area contributed by atoms with Gasteiger partial charge in [-0.1, -0.05) is 30.4 Å². The number of aromatic amines is 2. The zero-order chi connectivity index (χ0) is 15.0. The minimum atomic E-state index is 0.128. The number of hydrogen-bond acceptors (Lipinski definition) is 2. The van der Waals surface area contributed by atoms with E-state index in [4.69, 9.17) is 0 Å². The van der Waals surface area contributed by atoms with E-state index in [0.717, 1.165) is 27.9 Å². The summed E-state index contributed by atoms with van der Waals surface area (Å²) in [6, 6.07) is 6.01. The number of aromatic hydroxyl groups is 1. The van der Waals surface area contributed by atoms with E-state index in [0.29, 0.717) is 11.4 Å². The molecule has 2 aromatic heterocycles. The topological polar surface area (TPSA) is 64.7 Å². The van der Waals surface area contributed by atoms with Crippen LogP contribution in [-0.2, 0) is 0 Å². The molecule has 21 heavy (non-hydrogen) atoms. The Bertz CT molecular complexity index is 852. The molecule has 0 aliphatic heterocycles. The molecule has 4 heteroatoms. The van der Waals surface area contributed by atoms with Gasteiger partial charge in [0.1, 0.15) is 5.82 Å². The van der Waals surface area contributed by atoms with Gasteiger partial charge in [0.25, 0.3) is 0 Å². The van der Waals surface area contributed by atoms with Gasteiger partial charge in [-0.2, -0.15) is 0 Å². The minimum Gasteiger partial charge on any atom is -0.494 e. The average Bonchev–Trinajstić information content (AvgIpc) is 2.95. The Kier molecular flexibility index (Phi) is 3.14. The van der Waals surface area contributed by atoms with Crippen LogP contribution >= 0.6 is 0 Å². The smallest absolute Gasteiger partial charge is 0.200 e. The van der Waals surface area contributed by atoms with Crippen LogP contribution in [0.5, 0.6) is 5.88 Å². The van der Waals surface area contributed by atoms with Gasteiger partial charge >= 0.3 is 0 Å². The summed E-state index contributed by atoms with van der Waals surface area (Å²) in [6.45, 7) is 7.64. The molecule has 0 fully saturated rings. The van der Waals surface area contributed by atoms with Crippen molar-refractivity contribution >= 4 is 17.0 Å². The highest BCUT2D eigenvalue weighted by Gasteiger charge is 2.17. The average molecular weight is 279 g/mol. The van der Waals surface area contributed by atoms with Crippen LogP contribution in [0, 0.1) is 13.8 Å². The summed E-state index contributed by atoms with van der Waals surface area (Å²) in [5.74, 6) is 0.786. The van der Waals surface area contributed by atoms with Crippen LogP contribution in [0.1, 0.15) is 17.0 Å². The molecule has 2 heterocycles. The fraction of sp³-hybridized carbons (Fsp3) is 0.118. The number of imidazole rings is 1. The van der Waals surface area contributed by atoms with Crippen LogP contribution < -0.4 is 0 Å². The van der Waals surface area contributed by atoms with Gasteiger partial charge < -0.3 is 15.1 Å². The first-order valence-corrected chi connectivity index (χ1v) is 6.77. The monoisotopic (exact) mass is 279 g/mol. The molecule has 0 bridgehead atoms. The number of H-pyrrole nitrogens is 2. The largest absolute Gasteiger partial charge is 0.494 e. The first-order chi connectivity index (χ1) is 10.1. The molecule has 0 saturated heterocycles. The van der Waals surface area contributed by atoms with Crippen molar-refractivity contribution in [3.8, 4) is 17.3 Å². The van der Waals surface area contributed by atoms with E-state index in [1.54, 1.807) is 6.08 Å². The fourth-order valence-electron chi connectivity index (χ4n) is 2.45. The Labute approximate surface area is 122 Å². The van der Waals surface area contributed by atoms with Crippen LogP contribution in [0.2, 0.25) is 0 Å². The summed E-state index contributed by atoms with van der Waals surface area (Å²) < 4.78 is 0. The quantitative estimate of drug-likeness (QED) is 0.632. The second kappa shape index (κ2) is 4.98. The number of aryl methyl sites for hydroxylation is 2. The number of aromatic nitrogens is 3. The van der Waals surface area contributed by atoms with Crippen molar-refractivity contribution in [2.75, 3.05) is 0 Å². The fourth-order valence-corrected chi connectivity index (χ4v) is 2.45. The Morgan fingerprint density at radius 3 is 2.81 bits per heavy atom. The normalized spacial score (nSPS) is 11.5. The molecule has 1 aromatic carbocycles. The summed E-state index contributed by atoms with van der Waals surface area (Å²) in [5, 5.41) is 11.2. The zero-order valence-electron chi connectivity index (χ0n) is 12.1. The predicted molar refractivity (Wildman–Crippen MR) is 86.3 cm³/mol. The van der Waals surface area contributed by atoms with Gasteiger partial charge in [-0.05, 0) is 32.1 Å². The van der Waals surface area contributed by atoms with Gasteiger partial charge in [0, 0.05) is 16.6 Å². The van der Waals surface area contributed by atoms with Gasteiger partial charge in [-0.15, -0.1) is 0 Å². The molecule has 0 aliphatic rings. The molecule has 0 atom stereocenters. The number of fused-ring (bicyclic) bond motifs is 1. The van der Waals surface area contributed by atoms with Crippen LogP contribution in [0.3, 0.4) is 0 Å². The molecular weight excluding hydrogens is 262 g/mol. The van der Waals surface area contributed by atoms with Crippen LogP contribution in [-0.4, -0.2) is 20.1 Å². The van der Waals surface area contributed by atoms with Gasteiger partial charge in [0.2, 0.25) is 5.88 Å². The Balaban J connectivity index is 2.20. The summed E-state index contributed by atoms with van der Waals surface area (Å²) >= 11 is 0. The number of nitrogens with zero attached hydrogens (tertiary/aromatic N) is 1. The summed E-state index contributed by atoms with van der Waals surface area (Å²) in [4.78, 5) is 10.8. The maximum Gasteiger partial charge on any atom is 0.200 e. The maximum absolute atomic E-state index is 10.2. The molecule has 0 aliphatic carbocycles. The molecule has 0 unspecified atom stereocenters. The molecule has 3 N–H and O–H groups in total. The third-order valence-electron chi connectivity index (χ3n) is 3.48. The van der Waals surface area contributed by atoms with Crippen LogP contribution in [0.15, 0.2) is 36.9 Å². The molecule has 4 nitrogen and oxygen atoms in total. The number of allylic oxidation sites excluding steroid dienone is 2. The third-order valence-corrected chi connectivity index (χ3v) is 3.48. The molecule has 3 aromatic rings. The van der Waals surface area contributed by atoms with Gasteiger partial charge in [-0.25, -0.2) is 4.98 Å². The molecule has 0 amide bonds. The van der Waals surface area contributed by atoms with Crippen LogP contribution in [0.25, 0.3) is 28.4 Å². The Morgan fingerprint density at radius 2 is 2.05 bits per heavy atom. The van der Waals surface area contributed by atoms with E-state index >= 15 is 0 Å². The molecule has 3 rings (SSSR count). The first kappa shape index (κ1) is 13.2. The van der Waals surface area contributed by atoms with E-state index in [-0.39, 0.29) is 5.88 Å². The summed E-state index contributed by atoms with van der Waals surface area (Å²) in [6.07, 6.45) is 5.44. The SMILES string of the molecule is C=C/C=C\c1nc(-c2c(O)[nH]c3ccc(C)cc23)[nH]c1C. The number of rotatable bonds is 3. The third kappa shape index (κ3) is 2.25. The van der Waals surface area contributed by atoms with Crippen molar-refractivity contribution in [1.29, 1.82) is 0 Å². The zero-order valence-corrected chi connectivity index (χ0v) is 12.1. The summed E-state index contributed by atoms with van der Waals surface area (Å²) in [5.41, 5.74) is 4.52. The van der Waals surface area contributed by atoms with Crippen molar-refractivity contribution in [3.63, 3.8) is 0 Å². The second-order valence-electron chi connectivity index (χ2n) is 5.09. The van der Waals surface area contributed by atoms with E-state index < -0.39 is 0 Å². The minimum absolute atomic E-state index is 0.128. The highest BCUT2D eigenvalue weighted by Crippen LogP contribution is 2.35. The molecule has 0 radical (unpaired) electrons. The van der Waals surface area contributed by atoms with Crippen molar-refractivity contribution in [2.24, 2.45) is 0 Å². The first-order valence-electron chi connectivity index (χ1n) is 6.77. The second-order valence-corrected chi connectivity index (χ2v) is 5.09. The lowest BCUT2D eigenvalue weighted by atomic mass is 10.1. The van der Waals surface area contributed by atoms with E-state index in [1.165, 1.54) is 0 Å². The van der Waals surface area contributed by atoms with Gasteiger partial charge in [-0.3, -0.25) is 0 Å². The lowest BCUT2D eigenvalue weighted by Gasteiger charge is -1.97. The van der Waals surface area contributed by atoms with E-state index in [1.807, 2.05) is 44.2 Å². The number of nitrogens with one attached hydrogen (secondary N) is 2. The van der Waals surface area contributed by atoms with Crippen molar-refractivity contribution in [2.45, 2.75) is 13.8 Å². The number of hydrogen-bond donors (Lipinski definition) is 3. The molecule has 106 valence electrons. The van der Waals surface area contributed by atoms with Crippen molar-refractivity contribution in [3.05, 3.63) is 53.9 Å². The Hall–Kier alpha value is -2.75. The standard InChI is InChI=1S/C17H17N3O/c1-4-5-6-13-11(3)18-16(19-13)15-12-9-10(2)7-8-14(12)20-17(15)21/h4-9,20-21H,1H2,2-3H3,(H,18,19)/b6-5-. The maximum atomic E-state index is 10.2. The lowest BCUT2D eigenvalue weighted by molar-refractivity contribution is 0.460. The van der Waals surface area contributed by atoms with E-state index in [9.17, 15) is 5.11 Å². The lowest BCUT2D eigenvalue weighted by Crippen LogP contribution is -1.80. The molecule has 0 spiro atoms. The Morgan fingerprint density at radius 1 is 1.24 bits per heavy atom. The van der Waals surface area contributed by atoms with Gasteiger partial charge in [0.05, 0.1) is 11.3 Å². The van der Waals surface area contributed by atoms with Crippen molar-refractivity contribution < 1.29 is 5.11 Å². The highest BCUT2D eigenvalue weighted by molar-refractivity contribution is 5.97. The molecular formula is C17H17N3O. The predicted octanol–water partition coefficient (Wildman–Crippen LogP) is 4.08.